The summed E-state index contributed by atoms with van der Waals surface area (Å²) >= 11 is 2.86. The Morgan fingerprint density at radius 3 is 2.43 bits per heavy atom. The number of hydrogen-bond acceptors (Lipinski definition) is 4. The summed E-state index contributed by atoms with van der Waals surface area (Å²) < 4.78 is 0. The Balaban J connectivity index is 1.75. The van der Waals surface area contributed by atoms with Crippen molar-refractivity contribution in [3.63, 3.8) is 0 Å². The van der Waals surface area contributed by atoms with E-state index in [4.69, 9.17) is 0 Å². The molecule has 118 valence electrons. The molecule has 0 atom stereocenters. The van der Waals surface area contributed by atoms with Gasteiger partial charge in [0, 0.05) is 10.9 Å². The molecular weight excluding hydrogens is 324 g/mol. The lowest BCUT2D eigenvalue weighted by Crippen LogP contribution is -2.10. The number of hydrogen-bond donors (Lipinski definition) is 1. The van der Waals surface area contributed by atoms with Crippen LogP contribution in [0.1, 0.15) is 36.0 Å². The fourth-order valence-electron chi connectivity index (χ4n) is 2.17. The number of thiophene rings is 1. The Hall–Kier alpha value is -1.98. The van der Waals surface area contributed by atoms with Crippen molar-refractivity contribution in [1.82, 2.24) is 4.98 Å². The Bertz CT molecular complexity index is 796. The van der Waals surface area contributed by atoms with E-state index in [1.807, 2.05) is 16.8 Å². The molecule has 0 radical (unpaired) electrons. The number of amides is 1. The lowest BCUT2D eigenvalue weighted by molar-refractivity contribution is 0.103. The molecule has 0 bridgehead atoms. The minimum atomic E-state index is -0.107. The number of aromatic nitrogens is 1. The normalized spacial score (nSPS) is 11.4. The number of carbonyl (C=O) groups is 1. The molecule has 0 aliphatic carbocycles. The van der Waals surface area contributed by atoms with Crippen molar-refractivity contribution in [2.75, 3.05) is 5.32 Å². The van der Waals surface area contributed by atoms with Crippen molar-refractivity contribution in [3.05, 3.63) is 57.6 Å². The van der Waals surface area contributed by atoms with E-state index in [0.717, 1.165) is 11.3 Å². The molecule has 0 spiro atoms. The van der Waals surface area contributed by atoms with Gasteiger partial charge in [-0.3, -0.25) is 10.1 Å². The second kappa shape index (κ2) is 6.26. The average molecular weight is 342 g/mol. The fourth-order valence-corrected chi connectivity index (χ4v) is 3.50. The third kappa shape index (κ3) is 3.68. The Kier molecular flexibility index (Phi) is 4.33. The first-order valence-corrected chi connectivity index (χ1v) is 9.11. The number of rotatable bonds is 3. The van der Waals surface area contributed by atoms with Crippen LogP contribution >= 0.6 is 22.7 Å². The molecule has 0 fully saturated rings. The third-order valence-corrected chi connectivity index (χ3v) is 5.14. The van der Waals surface area contributed by atoms with E-state index in [-0.39, 0.29) is 11.3 Å². The number of carbonyl (C=O) groups excluding carboxylic acids is 1. The van der Waals surface area contributed by atoms with Gasteiger partial charge in [-0.2, -0.15) is 0 Å². The summed E-state index contributed by atoms with van der Waals surface area (Å²) in [4.78, 5) is 17.2. The third-order valence-electron chi connectivity index (χ3n) is 3.52. The maximum Gasteiger partial charge on any atom is 0.267 e. The van der Waals surface area contributed by atoms with Crippen LogP contribution in [0.15, 0.2) is 47.2 Å². The van der Waals surface area contributed by atoms with Crippen LogP contribution in [0.5, 0.6) is 0 Å². The highest BCUT2D eigenvalue weighted by Crippen LogP contribution is 2.28. The van der Waals surface area contributed by atoms with E-state index < -0.39 is 0 Å². The van der Waals surface area contributed by atoms with Crippen LogP contribution in [-0.4, -0.2) is 10.9 Å². The largest absolute Gasteiger partial charge is 0.297 e. The highest BCUT2D eigenvalue weighted by molar-refractivity contribution is 7.14. The van der Waals surface area contributed by atoms with Gasteiger partial charge in [0.25, 0.3) is 5.91 Å². The first kappa shape index (κ1) is 15.9. The first-order valence-electron chi connectivity index (χ1n) is 7.35. The topological polar surface area (TPSA) is 42.0 Å². The zero-order valence-electron chi connectivity index (χ0n) is 13.3. The van der Waals surface area contributed by atoms with Gasteiger partial charge in [-0.05, 0) is 22.4 Å². The zero-order valence-corrected chi connectivity index (χ0v) is 14.9. The van der Waals surface area contributed by atoms with E-state index in [0.29, 0.717) is 10.0 Å². The second-order valence-electron chi connectivity index (χ2n) is 6.30. The summed E-state index contributed by atoms with van der Waals surface area (Å²) in [6.45, 7) is 6.59. The van der Waals surface area contributed by atoms with E-state index in [9.17, 15) is 4.79 Å². The van der Waals surface area contributed by atoms with Crippen LogP contribution < -0.4 is 5.32 Å². The van der Waals surface area contributed by atoms with E-state index in [1.54, 1.807) is 6.07 Å². The summed E-state index contributed by atoms with van der Waals surface area (Å²) in [5, 5.41) is 7.33. The van der Waals surface area contributed by atoms with Gasteiger partial charge in [0.15, 0.2) is 5.13 Å². The molecule has 1 N–H and O–H groups in total. The minimum Gasteiger partial charge on any atom is -0.297 e. The Labute approximate surface area is 144 Å². The molecule has 3 nitrogen and oxygen atoms in total. The molecule has 0 unspecified atom stereocenters. The van der Waals surface area contributed by atoms with E-state index in [2.05, 4.69) is 55.3 Å². The maximum absolute atomic E-state index is 12.0. The van der Waals surface area contributed by atoms with Crippen molar-refractivity contribution >= 4 is 33.7 Å². The standard InChI is InChI=1S/C18H18N2OS2/c1-18(2,3)13-8-6-12(7-9-13)14-11-23-17(19-14)20-16(21)15-5-4-10-22-15/h4-11H,1-3H3,(H,19,20,21). The first-order chi connectivity index (χ1) is 10.9. The van der Waals surface area contributed by atoms with Gasteiger partial charge in [0.2, 0.25) is 0 Å². The number of nitrogens with zero attached hydrogens (tertiary/aromatic N) is 1. The molecule has 5 heteroatoms. The molecule has 3 aromatic rings. The molecule has 2 aromatic heterocycles. The molecule has 0 aliphatic heterocycles. The number of anilines is 1. The molecule has 1 aromatic carbocycles. The lowest BCUT2D eigenvalue weighted by atomic mass is 9.86. The molecule has 2 heterocycles. The van der Waals surface area contributed by atoms with Gasteiger partial charge >= 0.3 is 0 Å². The predicted octanol–water partition coefficient (Wildman–Crippen LogP) is 5.42. The highest BCUT2D eigenvalue weighted by atomic mass is 32.1. The average Bonchev–Trinajstić information content (AvgIpc) is 3.18. The summed E-state index contributed by atoms with van der Waals surface area (Å²) in [7, 11) is 0. The summed E-state index contributed by atoms with van der Waals surface area (Å²) in [6.07, 6.45) is 0. The van der Waals surface area contributed by atoms with E-state index >= 15 is 0 Å². The SMILES string of the molecule is CC(C)(C)c1ccc(-c2csc(NC(=O)c3cccs3)n2)cc1. The fraction of sp³-hybridized carbons (Fsp3) is 0.222. The van der Waals surface area contributed by atoms with Gasteiger partial charge in [-0.25, -0.2) is 4.98 Å². The lowest BCUT2D eigenvalue weighted by Gasteiger charge is -2.18. The van der Waals surface area contributed by atoms with Crippen LogP contribution in [0, 0.1) is 0 Å². The van der Waals surface area contributed by atoms with Crippen LogP contribution in [0.25, 0.3) is 11.3 Å². The smallest absolute Gasteiger partial charge is 0.267 e. The maximum atomic E-state index is 12.0. The van der Waals surface area contributed by atoms with Gasteiger partial charge in [-0.1, -0.05) is 51.1 Å². The van der Waals surface area contributed by atoms with Crippen LogP contribution in [-0.2, 0) is 5.41 Å². The van der Waals surface area contributed by atoms with Crippen molar-refractivity contribution in [3.8, 4) is 11.3 Å². The molecule has 0 saturated heterocycles. The van der Waals surface area contributed by atoms with Crippen molar-refractivity contribution in [2.45, 2.75) is 26.2 Å². The quantitative estimate of drug-likeness (QED) is 0.690. The van der Waals surface area contributed by atoms with Gasteiger partial charge < -0.3 is 0 Å². The zero-order chi connectivity index (χ0) is 16.4. The van der Waals surface area contributed by atoms with Crippen LogP contribution in [0.2, 0.25) is 0 Å². The van der Waals surface area contributed by atoms with E-state index in [1.165, 1.54) is 28.2 Å². The number of thiazole rings is 1. The molecule has 3 rings (SSSR count). The summed E-state index contributed by atoms with van der Waals surface area (Å²) in [6, 6.07) is 12.1. The van der Waals surface area contributed by atoms with Crippen molar-refractivity contribution < 1.29 is 4.79 Å². The molecule has 1 amide bonds. The molecule has 0 saturated carbocycles. The second-order valence-corrected chi connectivity index (χ2v) is 8.10. The number of nitrogens with one attached hydrogen (secondary N) is 1. The number of benzene rings is 1. The molecule has 23 heavy (non-hydrogen) atoms. The minimum absolute atomic E-state index is 0.107. The van der Waals surface area contributed by atoms with Gasteiger partial charge in [-0.15, -0.1) is 22.7 Å². The molecule has 0 aliphatic rings. The van der Waals surface area contributed by atoms with Gasteiger partial charge in [0.05, 0.1) is 10.6 Å². The van der Waals surface area contributed by atoms with Crippen molar-refractivity contribution in [2.24, 2.45) is 0 Å². The van der Waals surface area contributed by atoms with Crippen molar-refractivity contribution in [1.29, 1.82) is 0 Å². The summed E-state index contributed by atoms with van der Waals surface area (Å²) in [5.41, 5.74) is 3.38. The highest BCUT2D eigenvalue weighted by Gasteiger charge is 2.14. The Morgan fingerprint density at radius 2 is 1.83 bits per heavy atom. The van der Waals surface area contributed by atoms with Crippen LogP contribution in [0.4, 0.5) is 5.13 Å². The van der Waals surface area contributed by atoms with Crippen LogP contribution in [0.3, 0.4) is 0 Å². The summed E-state index contributed by atoms with van der Waals surface area (Å²) in [5.74, 6) is -0.107. The predicted molar refractivity (Wildman–Crippen MR) is 98.5 cm³/mol. The monoisotopic (exact) mass is 342 g/mol. The van der Waals surface area contributed by atoms with Gasteiger partial charge in [0.1, 0.15) is 0 Å². The Morgan fingerprint density at radius 1 is 1.09 bits per heavy atom. The molecular formula is C18H18N2OS2.